The van der Waals surface area contributed by atoms with E-state index in [-0.39, 0.29) is 5.82 Å². The second-order valence-electron chi connectivity index (χ2n) is 4.74. The standard InChI is InChI=1S/C17H20FNO2/c1-20-12-10-13-5-7-14(8-6-13)21-17-4-2-3-16(18)15(17)9-11-19/h2-8H,9-12,19H2,1H3. The Morgan fingerprint density at radius 1 is 1.05 bits per heavy atom. The highest BCUT2D eigenvalue weighted by molar-refractivity contribution is 5.39. The van der Waals surface area contributed by atoms with Gasteiger partial charge < -0.3 is 15.2 Å². The molecule has 0 aliphatic rings. The molecule has 0 saturated heterocycles. The fraction of sp³-hybridized carbons (Fsp3) is 0.294. The van der Waals surface area contributed by atoms with Gasteiger partial charge in [0.15, 0.2) is 0 Å². The molecule has 0 radical (unpaired) electrons. The van der Waals surface area contributed by atoms with Crippen LogP contribution in [0.4, 0.5) is 4.39 Å². The van der Waals surface area contributed by atoms with Gasteiger partial charge in [0.1, 0.15) is 17.3 Å². The van der Waals surface area contributed by atoms with Crippen LogP contribution in [0.25, 0.3) is 0 Å². The SMILES string of the molecule is COCCc1ccc(Oc2cccc(F)c2CCN)cc1. The maximum atomic E-state index is 13.8. The summed E-state index contributed by atoms with van der Waals surface area (Å²) < 4.78 is 24.6. The van der Waals surface area contributed by atoms with Crippen molar-refractivity contribution >= 4 is 0 Å². The molecule has 0 unspecified atom stereocenters. The maximum Gasteiger partial charge on any atom is 0.133 e. The van der Waals surface area contributed by atoms with Crippen LogP contribution >= 0.6 is 0 Å². The molecule has 0 atom stereocenters. The van der Waals surface area contributed by atoms with Crippen LogP contribution in [0.15, 0.2) is 42.5 Å². The number of hydrogen-bond acceptors (Lipinski definition) is 3. The van der Waals surface area contributed by atoms with Gasteiger partial charge in [-0.05, 0) is 49.2 Å². The van der Waals surface area contributed by atoms with Crippen molar-refractivity contribution in [3.8, 4) is 11.5 Å². The summed E-state index contributed by atoms with van der Waals surface area (Å²) in [6.45, 7) is 1.07. The predicted octanol–water partition coefficient (Wildman–Crippen LogP) is 3.31. The molecule has 2 aromatic rings. The molecular formula is C17H20FNO2. The Hall–Kier alpha value is -1.91. The monoisotopic (exact) mass is 289 g/mol. The van der Waals surface area contributed by atoms with Gasteiger partial charge in [-0.1, -0.05) is 18.2 Å². The minimum Gasteiger partial charge on any atom is -0.457 e. The van der Waals surface area contributed by atoms with Gasteiger partial charge in [-0.15, -0.1) is 0 Å². The molecule has 0 bridgehead atoms. The first-order valence-corrected chi connectivity index (χ1v) is 6.97. The van der Waals surface area contributed by atoms with Gasteiger partial charge in [0.2, 0.25) is 0 Å². The minimum absolute atomic E-state index is 0.283. The van der Waals surface area contributed by atoms with Crippen LogP contribution in [-0.2, 0) is 17.6 Å². The van der Waals surface area contributed by atoms with E-state index in [1.807, 2.05) is 24.3 Å². The van der Waals surface area contributed by atoms with Crippen molar-refractivity contribution in [2.75, 3.05) is 20.3 Å². The summed E-state index contributed by atoms with van der Waals surface area (Å²) in [5.74, 6) is 0.916. The lowest BCUT2D eigenvalue weighted by Crippen LogP contribution is -2.06. The Morgan fingerprint density at radius 2 is 1.81 bits per heavy atom. The molecular weight excluding hydrogens is 269 g/mol. The summed E-state index contributed by atoms with van der Waals surface area (Å²) in [4.78, 5) is 0. The number of benzene rings is 2. The molecule has 0 spiro atoms. The number of halogens is 1. The minimum atomic E-state index is -0.283. The van der Waals surface area contributed by atoms with E-state index in [4.69, 9.17) is 15.2 Å². The third-order valence-electron chi connectivity index (χ3n) is 3.22. The molecule has 112 valence electrons. The largest absolute Gasteiger partial charge is 0.457 e. The number of nitrogens with two attached hydrogens (primary N) is 1. The van der Waals surface area contributed by atoms with Crippen LogP contribution in [0.1, 0.15) is 11.1 Å². The highest BCUT2D eigenvalue weighted by Crippen LogP contribution is 2.27. The fourth-order valence-corrected chi connectivity index (χ4v) is 2.09. The van der Waals surface area contributed by atoms with Gasteiger partial charge in [-0.3, -0.25) is 0 Å². The van der Waals surface area contributed by atoms with Crippen LogP contribution in [0.2, 0.25) is 0 Å². The Balaban J connectivity index is 2.12. The van der Waals surface area contributed by atoms with E-state index in [9.17, 15) is 4.39 Å². The lowest BCUT2D eigenvalue weighted by Gasteiger charge is -2.12. The zero-order valence-corrected chi connectivity index (χ0v) is 12.1. The van der Waals surface area contributed by atoms with Gasteiger partial charge in [0.25, 0.3) is 0 Å². The third kappa shape index (κ3) is 4.28. The van der Waals surface area contributed by atoms with Crippen molar-refractivity contribution in [1.82, 2.24) is 0 Å². The predicted molar refractivity (Wildman–Crippen MR) is 81.3 cm³/mol. The van der Waals surface area contributed by atoms with E-state index in [0.29, 0.717) is 36.6 Å². The van der Waals surface area contributed by atoms with Crippen LogP contribution < -0.4 is 10.5 Å². The van der Waals surface area contributed by atoms with E-state index in [1.165, 1.54) is 11.6 Å². The quantitative estimate of drug-likeness (QED) is 0.850. The van der Waals surface area contributed by atoms with Crippen molar-refractivity contribution in [3.05, 3.63) is 59.4 Å². The lowest BCUT2D eigenvalue weighted by molar-refractivity contribution is 0.202. The zero-order valence-electron chi connectivity index (χ0n) is 12.1. The molecule has 0 saturated carbocycles. The molecule has 0 aliphatic heterocycles. The van der Waals surface area contributed by atoms with Crippen LogP contribution in [0.3, 0.4) is 0 Å². The van der Waals surface area contributed by atoms with E-state index >= 15 is 0 Å². The van der Waals surface area contributed by atoms with Crippen LogP contribution in [-0.4, -0.2) is 20.3 Å². The molecule has 2 rings (SSSR count). The average molecular weight is 289 g/mol. The second-order valence-corrected chi connectivity index (χ2v) is 4.74. The van der Waals surface area contributed by atoms with E-state index < -0.39 is 0 Å². The van der Waals surface area contributed by atoms with Crippen molar-refractivity contribution < 1.29 is 13.9 Å². The second kappa shape index (κ2) is 7.76. The zero-order chi connectivity index (χ0) is 15.1. The van der Waals surface area contributed by atoms with Gasteiger partial charge in [-0.2, -0.15) is 0 Å². The smallest absolute Gasteiger partial charge is 0.133 e. The Labute approximate surface area is 124 Å². The number of hydrogen-bond donors (Lipinski definition) is 1. The Bertz CT molecular complexity index is 570. The van der Waals surface area contributed by atoms with Crippen molar-refractivity contribution in [1.29, 1.82) is 0 Å². The summed E-state index contributed by atoms with van der Waals surface area (Å²) >= 11 is 0. The van der Waals surface area contributed by atoms with Crippen molar-refractivity contribution in [3.63, 3.8) is 0 Å². The topological polar surface area (TPSA) is 44.5 Å². The lowest BCUT2D eigenvalue weighted by atomic mass is 10.1. The highest BCUT2D eigenvalue weighted by Gasteiger charge is 2.09. The maximum absolute atomic E-state index is 13.8. The summed E-state index contributed by atoms with van der Waals surface area (Å²) in [6.07, 6.45) is 1.31. The fourth-order valence-electron chi connectivity index (χ4n) is 2.09. The summed E-state index contributed by atoms with van der Waals surface area (Å²) in [5.41, 5.74) is 7.21. The van der Waals surface area contributed by atoms with Gasteiger partial charge in [0, 0.05) is 12.7 Å². The van der Waals surface area contributed by atoms with Crippen LogP contribution in [0.5, 0.6) is 11.5 Å². The van der Waals surface area contributed by atoms with E-state index in [0.717, 1.165) is 6.42 Å². The highest BCUT2D eigenvalue weighted by atomic mass is 19.1. The molecule has 2 aromatic carbocycles. The van der Waals surface area contributed by atoms with Gasteiger partial charge in [0.05, 0.1) is 6.61 Å². The first-order valence-electron chi connectivity index (χ1n) is 6.97. The first kappa shape index (κ1) is 15.5. The molecule has 3 nitrogen and oxygen atoms in total. The number of rotatable bonds is 7. The Kier molecular flexibility index (Phi) is 5.72. The number of ether oxygens (including phenoxy) is 2. The van der Waals surface area contributed by atoms with Crippen molar-refractivity contribution in [2.45, 2.75) is 12.8 Å². The Morgan fingerprint density at radius 3 is 2.48 bits per heavy atom. The first-order chi connectivity index (χ1) is 10.2. The molecule has 0 amide bonds. The summed E-state index contributed by atoms with van der Waals surface area (Å²) in [7, 11) is 1.68. The molecule has 0 fully saturated rings. The van der Waals surface area contributed by atoms with Crippen molar-refractivity contribution in [2.24, 2.45) is 5.73 Å². The molecule has 0 aromatic heterocycles. The third-order valence-corrected chi connectivity index (χ3v) is 3.22. The molecule has 4 heteroatoms. The number of methoxy groups -OCH3 is 1. The molecule has 0 aliphatic carbocycles. The summed E-state index contributed by atoms with van der Waals surface area (Å²) in [6, 6.07) is 12.5. The molecule has 21 heavy (non-hydrogen) atoms. The summed E-state index contributed by atoms with van der Waals surface area (Å²) in [5, 5.41) is 0. The van der Waals surface area contributed by atoms with Gasteiger partial charge in [-0.25, -0.2) is 4.39 Å². The average Bonchev–Trinajstić information content (AvgIpc) is 2.50. The van der Waals surface area contributed by atoms with E-state index in [2.05, 4.69) is 0 Å². The molecule has 0 heterocycles. The normalized spacial score (nSPS) is 10.6. The molecule has 2 N–H and O–H groups in total. The van der Waals surface area contributed by atoms with Crippen LogP contribution in [0, 0.1) is 5.82 Å². The van der Waals surface area contributed by atoms with Gasteiger partial charge >= 0.3 is 0 Å². The van der Waals surface area contributed by atoms with E-state index in [1.54, 1.807) is 19.2 Å².